The smallest absolute Gasteiger partial charge is 0.317 e. The zero-order valence-electron chi connectivity index (χ0n) is 14.5. The third-order valence-electron chi connectivity index (χ3n) is 3.93. The average Bonchev–Trinajstić information content (AvgIpc) is 2.51. The molecule has 22 heavy (non-hydrogen) atoms. The molecule has 0 fully saturated rings. The second-order valence-corrected chi connectivity index (χ2v) is 5.40. The summed E-state index contributed by atoms with van der Waals surface area (Å²) in [6.45, 7) is 14.0. The van der Waals surface area contributed by atoms with E-state index in [0.29, 0.717) is 6.54 Å². The van der Waals surface area contributed by atoms with E-state index < -0.39 is 0 Å². The Hall–Kier alpha value is -1.75. The van der Waals surface area contributed by atoms with Crippen molar-refractivity contribution in [2.75, 3.05) is 32.9 Å². The van der Waals surface area contributed by atoms with Crippen LogP contribution in [0.4, 0.5) is 4.79 Å². The van der Waals surface area contributed by atoms with Gasteiger partial charge in [0.1, 0.15) is 5.75 Å². The molecule has 0 unspecified atom stereocenters. The van der Waals surface area contributed by atoms with E-state index in [1.165, 1.54) is 5.56 Å². The van der Waals surface area contributed by atoms with E-state index in [-0.39, 0.29) is 12.8 Å². The molecular formula is C17H29N3O2. The molecule has 2 amide bonds. The van der Waals surface area contributed by atoms with Gasteiger partial charge in [0.2, 0.25) is 0 Å². The lowest BCUT2D eigenvalue weighted by atomic mass is 10.1. The van der Waals surface area contributed by atoms with E-state index in [9.17, 15) is 4.79 Å². The van der Waals surface area contributed by atoms with E-state index in [1.54, 1.807) is 0 Å². The Morgan fingerprint density at radius 1 is 1.09 bits per heavy atom. The Morgan fingerprint density at radius 3 is 2.36 bits per heavy atom. The maximum atomic E-state index is 11.7. The molecule has 1 aromatic rings. The van der Waals surface area contributed by atoms with Crippen LogP contribution in [0.5, 0.6) is 5.75 Å². The third-order valence-corrected chi connectivity index (χ3v) is 3.93. The van der Waals surface area contributed by atoms with Crippen molar-refractivity contribution in [3.8, 4) is 5.75 Å². The summed E-state index contributed by atoms with van der Waals surface area (Å²) in [5.41, 5.74) is 3.37. The zero-order chi connectivity index (χ0) is 16.5. The molecule has 0 spiro atoms. The lowest BCUT2D eigenvalue weighted by molar-refractivity contribution is 0.220. The molecule has 0 aromatic heterocycles. The van der Waals surface area contributed by atoms with Crippen LogP contribution < -0.4 is 15.4 Å². The Morgan fingerprint density at radius 2 is 1.73 bits per heavy atom. The normalized spacial score (nSPS) is 10.6. The van der Waals surface area contributed by atoms with Crippen LogP contribution in [-0.4, -0.2) is 43.8 Å². The summed E-state index contributed by atoms with van der Waals surface area (Å²) in [6.07, 6.45) is 0. The lowest BCUT2D eigenvalue weighted by Gasteiger charge is -2.18. The standard InChI is InChI=1S/C17H29N3O2/c1-6-20(7-2)11-10-18-17(21)19-12-22-16-14(4)9-8-13(3)15(16)5/h8-9H,6-7,10-12H2,1-5H3,(H2,18,19,21). The van der Waals surface area contributed by atoms with Crippen LogP contribution in [0.25, 0.3) is 0 Å². The van der Waals surface area contributed by atoms with Crippen LogP contribution in [0.1, 0.15) is 30.5 Å². The Bertz CT molecular complexity index is 485. The number of hydrogen-bond acceptors (Lipinski definition) is 3. The number of nitrogens with zero attached hydrogens (tertiary/aromatic N) is 1. The summed E-state index contributed by atoms with van der Waals surface area (Å²) in [5, 5.41) is 5.56. The van der Waals surface area contributed by atoms with Crippen LogP contribution in [0.15, 0.2) is 12.1 Å². The molecule has 5 nitrogen and oxygen atoms in total. The molecule has 0 aliphatic heterocycles. The van der Waals surface area contributed by atoms with Gasteiger partial charge in [0, 0.05) is 13.1 Å². The van der Waals surface area contributed by atoms with Gasteiger partial charge in [-0.2, -0.15) is 0 Å². The minimum absolute atomic E-state index is 0.169. The van der Waals surface area contributed by atoms with Gasteiger partial charge < -0.3 is 20.3 Å². The summed E-state index contributed by atoms with van der Waals surface area (Å²) >= 11 is 0. The minimum Gasteiger partial charge on any atom is -0.473 e. The number of aryl methyl sites for hydroxylation is 2. The number of nitrogens with one attached hydrogen (secondary N) is 2. The van der Waals surface area contributed by atoms with Crippen LogP contribution in [0.3, 0.4) is 0 Å². The highest BCUT2D eigenvalue weighted by Gasteiger charge is 2.07. The Balaban J connectivity index is 2.33. The van der Waals surface area contributed by atoms with E-state index in [1.807, 2.05) is 19.9 Å². The second kappa shape index (κ2) is 9.30. The van der Waals surface area contributed by atoms with Crippen LogP contribution in [0, 0.1) is 20.8 Å². The number of amides is 2. The van der Waals surface area contributed by atoms with Crippen molar-refractivity contribution in [2.24, 2.45) is 0 Å². The number of rotatable bonds is 8. The monoisotopic (exact) mass is 307 g/mol. The molecule has 0 bridgehead atoms. The fraction of sp³-hybridized carbons (Fsp3) is 0.588. The van der Waals surface area contributed by atoms with Gasteiger partial charge >= 0.3 is 6.03 Å². The molecule has 0 atom stereocenters. The van der Waals surface area contributed by atoms with E-state index >= 15 is 0 Å². The summed E-state index contributed by atoms with van der Waals surface area (Å²) < 4.78 is 5.71. The maximum absolute atomic E-state index is 11.7. The molecule has 1 rings (SSSR count). The molecule has 0 aliphatic rings. The van der Waals surface area contributed by atoms with E-state index in [0.717, 1.165) is 36.5 Å². The average molecular weight is 307 g/mol. The first-order valence-electron chi connectivity index (χ1n) is 7.93. The first-order valence-corrected chi connectivity index (χ1v) is 7.93. The number of likely N-dealkylation sites (N-methyl/N-ethyl adjacent to an activating group) is 1. The van der Waals surface area contributed by atoms with Crippen molar-refractivity contribution in [1.82, 2.24) is 15.5 Å². The van der Waals surface area contributed by atoms with E-state index in [2.05, 4.69) is 42.4 Å². The van der Waals surface area contributed by atoms with Gasteiger partial charge in [-0.3, -0.25) is 0 Å². The van der Waals surface area contributed by atoms with Crippen molar-refractivity contribution in [3.05, 3.63) is 28.8 Å². The van der Waals surface area contributed by atoms with Gasteiger partial charge in [-0.05, 0) is 50.6 Å². The Labute approximate surface area is 134 Å². The number of urea groups is 1. The second-order valence-electron chi connectivity index (χ2n) is 5.40. The molecule has 0 heterocycles. The van der Waals surface area contributed by atoms with Gasteiger partial charge in [-0.1, -0.05) is 26.0 Å². The summed E-state index contributed by atoms with van der Waals surface area (Å²) in [4.78, 5) is 14.0. The molecule has 124 valence electrons. The number of hydrogen-bond donors (Lipinski definition) is 2. The molecule has 0 saturated heterocycles. The SMILES string of the molecule is CCN(CC)CCNC(=O)NCOc1c(C)ccc(C)c1C. The third kappa shape index (κ3) is 5.56. The number of carbonyl (C=O) groups is 1. The predicted molar refractivity (Wildman–Crippen MR) is 90.5 cm³/mol. The van der Waals surface area contributed by atoms with Crippen molar-refractivity contribution in [1.29, 1.82) is 0 Å². The zero-order valence-corrected chi connectivity index (χ0v) is 14.5. The number of ether oxygens (including phenoxy) is 1. The largest absolute Gasteiger partial charge is 0.473 e. The number of carbonyl (C=O) groups excluding carboxylic acids is 1. The van der Waals surface area contributed by atoms with Crippen LogP contribution in [-0.2, 0) is 0 Å². The lowest BCUT2D eigenvalue weighted by Crippen LogP contribution is -2.41. The highest BCUT2D eigenvalue weighted by molar-refractivity contribution is 5.73. The summed E-state index contributed by atoms with van der Waals surface area (Å²) in [6, 6.07) is 3.90. The Kier molecular flexibility index (Phi) is 7.74. The van der Waals surface area contributed by atoms with Gasteiger partial charge in [-0.15, -0.1) is 0 Å². The molecule has 5 heteroatoms. The van der Waals surface area contributed by atoms with Gasteiger partial charge in [0.25, 0.3) is 0 Å². The highest BCUT2D eigenvalue weighted by atomic mass is 16.5. The fourth-order valence-corrected chi connectivity index (χ4v) is 2.25. The molecule has 2 N–H and O–H groups in total. The topological polar surface area (TPSA) is 53.6 Å². The molecule has 0 saturated carbocycles. The van der Waals surface area contributed by atoms with Crippen molar-refractivity contribution < 1.29 is 9.53 Å². The van der Waals surface area contributed by atoms with Gasteiger partial charge in [-0.25, -0.2) is 4.79 Å². The van der Waals surface area contributed by atoms with E-state index in [4.69, 9.17) is 4.74 Å². The van der Waals surface area contributed by atoms with Crippen LogP contribution >= 0.6 is 0 Å². The van der Waals surface area contributed by atoms with Gasteiger partial charge in [0.15, 0.2) is 6.73 Å². The molecule has 0 aliphatic carbocycles. The van der Waals surface area contributed by atoms with Crippen molar-refractivity contribution in [2.45, 2.75) is 34.6 Å². The molecular weight excluding hydrogens is 278 g/mol. The van der Waals surface area contributed by atoms with Crippen molar-refractivity contribution >= 4 is 6.03 Å². The maximum Gasteiger partial charge on any atom is 0.317 e. The molecule has 0 radical (unpaired) electrons. The number of benzene rings is 1. The van der Waals surface area contributed by atoms with Crippen molar-refractivity contribution in [3.63, 3.8) is 0 Å². The summed E-state index contributed by atoms with van der Waals surface area (Å²) in [5.74, 6) is 0.850. The van der Waals surface area contributed by atoms with Crippen LogP contribution in [0.2, 0.25) is 0 Å². The first-order chi connectivity index (χ1) is 10.5. The quantitative estimate of drug-likeness (QED) is 0.726. The molecule has 1 aromatic carbocycles. The first kappa shape index (κ1) is 18.3. The summed E-state index contributed by atoms with van der Waals surface area (Å²) in [7, 11) is 0. The minimum atomic E-state index is -0.199. The predicted octanol–water partition coefficient (Wildman–Crippen LogP) is 2.59. The van der Waals surface area contributed by atoms with Gasteiger partial charge in [0.05, 0.1) is 0 Å². The fourth-order valence-electron chi connectivity index (χ4n) is 2.25. The highest BCUT2D eigenvalue weighted by Crippen LogP contribution is 2.25.